The number of carbonyl (C=O) groups excluding carboxylic acids is 1. The summed E-state index contributed by atoms with van der Waals surface area (Å²) >= 11 is 1.51. The van der Waals surface area contributed by atoms with Crippen molar-refractivity contribution in [3.63, 3.8) is 0 Å². The van der Waals surface area contributed by atoms with Crippen LogP contribution in [0.5, 0.6) is 0 Å². The van der Waals surface area contributed by atoms with Gasteiger partial charge in [-0.1, -0.05) is 48.2 Å². The molecule has 190 valence electrons. The van der Waals surface area contributed by atoms with Gasteiger partial charge in [-0.15, -0.1) is 0 Å². The normalized spacial score (nSPS) is 19.6. The first-order valence-corrected chi connectivity index (χ1v) is 12.6. The van der Waals surface area contributed by atoms with Crippen LogP contribution in [0.3, 0.4) is 0 Å². The molecule has 4 N–H and O–H groups in total. The van der Waals surface area contributed by atoms with E-state index in [2.05, 4.69) is 20.5 Å². The van der Waals surface area contributed by atoms with E-state index in [0.29, 0.717) is 23.0 Å². The molecule has 0 saturated carbocycles. The first kappa shape index (κ1) is 25.8. The van der Waals surface area contributed by atoms with E-state index in [1.54, 1.807) is 12.1 Å². The number of aromatic nitrogens is 3. The van der Waals surface area contributed by atoms with E-state index in [1.165, 1.54) is 18.1 Å². The topological polar surface area (TPSA) is 147 Å². The Kier molecular flexibility index (Phi) is 9.06. The first-order chi connectivity index (χ1) is 17.5. The van der Waals surface area contributed by atoms with Crippen LogP contribution in [0.1, 0.15) is 54.8 Å². The molecule has 3 aromatic rings. The van der Waals surface area contributed by atoms with Crippen LogP contribution in [0.15, 0.2) is 60.0 Å². The zero-order valence-electron chi connectivity index (χ0n) is 19.5. The van der Waals surface area contributed by atoms with Gasteiger partial charge in [-0.3, -0.25) is 14.7 Å². The van der Waals surface area contributed by atoms with Gasteiger partial charge < -0.3 is 25.0 Å². The zero-order valence-corrected chi connectivity index (χ0v) is 20.3. The molecule has 0 spiro atoms. The summed E-state index contributed by atoms with van der Waals surface area (Å²) in [5, 5.41) is 28.4. The van der Waals surface area contributed by atoms with Crippen LogP contribution >= 0.6 is 11.8 Å². The van der Waals surface area contributed by atoms with Crippen molar-refractivity contribution in [2.45, 2.75) is 55.9 Å². The Hall–Kier alpha value is -3.25. The lowest BCUT2D eigenvalue weighted by Gasteiger charge is -2.36. The molecule has 1 aliphatic rings. The van der Waals surface area contributed by atoms with Gasteiger partial charge in [-0.2, -0.15) is 5.10 Å². The number of anilines is 1. The van der Waals surface area contributed by atoms with Crippen LogP contribution in [0, 0.1) is 0 Å². The number of carboxylic acid groups (broad SMARTS) is 1. The number of thioether (sulfide) groups is 1. The SMILES string of the molecule is O=C(O)CCCC(=O)Nc1cccc([C@@H]2O[C@H](CSc3ncn[nH]3)C[C@H](c3ccc(CO)cc3)O2)c1. The Balaban J connectivity index is 1.47. The maximum Gasteiger partial charge on any atom is 0.303 e. The first-order valence-electron chi connectivity index (χ1n) is 11.6. The molecule has 10 nitrogen and oxygen atoms in total. The molecule has 0 bridgehead atoms. The highest BCUT2D eigenvalue weighted by atomic mass is 32.2. The zero-order chi connectivity index (χ0) is 25.3. The summed E-state index contributed by atoms with van der Waals surface area (Å²) in [6, 6.07) is 14.9. The predicted molar refractivity (Wildman–Crippen MR) is 132 cm³/mol. The largest absolute Gasteiger partial charge is 0.481 e. The number of aromatic amines is 1. The molecule has 0 unspecified atom stereocenters. The molecule has 1 aliphatic heterocycles. The van der Waals surface area contributed by atoms with Crippen LogP contribution in [-0.2, 0) is 25.7 Å². The van der Waals surface area contributed by atoms with Crippen molar-refractivity contribution in [1.82, 2.24) is 15.2 Å². The number of aliphatic carboxylic acids is 1. The molecule has 11 heteroatoms. The minimum absolute atomic E-state index is 0.0250. The second kappa shape index (κ2) is 12.6. The Morgan fingerprint density at radius 2 is 1.94 bits per heavy atom. The van der Waals surface area contributed by atoms with Crippen molar-refractivity contribution in [2.75, 3.05) is 11.1 Å². The van der Waals surface area contributed by atoms with Crippen LogP contribution < -0.4 is 5.32 Å². The van der Waals surface area contributed by atoms with E-state index >= 15 is 0 Å². The van der Waals surface area contributed by atoms with Gasteiger partial charge in [-0.05, 0) is 29.7 Å². The maximum atomic E-state index is 12.2. The third-order valence-corrected chi connectivity index (χ3v) is 6.66. The number of nitrogens with zero attached hydrogens (tertiary/aromatic N) is 2. The third-order valence-electron chi connectivity index (χ3n) is 5.65. The number of amides is 1. The Labute approximate surface area is 212 Å². The highest BCUT2D eigenvalue weighted by Gasteiger charge is 2.32. The number of benzene rings is 2. The summed E-state index contributed by atoms with van der Waals surface area (Å²) in [5.74, 6) is -0.532. The van der Waals surface area contributed by atoms with E-state index in [4.69, 9.17) is 14.6 Å². The standard InChI is InChI=1S/C25H28N4O6S/c30-13-16-7-9-17(10-8-16)21-12-20(14-36-25-26-15-27-29-25)34-24(35-21)18-3-1-4-19(11-18)28-22(31)5-2-6-23(32)33/h1,3-4,7-11,15,20-21,24,30H,2,5-6,12-14H2,(H,28,31)(H,32,33)(H,26,27,29)/t20-,21+,24+/m0/s1. The fourth-order valence-electron chi connectivity index (χ4n) is 3.85. The molecular formula is C25H28N4O6S. The van der Waals surface area contributed by atoms with E-state index < -0.39 is 12.3 Å². The summed E-state index contributed by atoms with van der Waals surface area (Å²) < 4.78 is 12.6. The van der Waals surface area contributed by atoms with Crippen molar-refractivity contribution >= 4 is 29.3 Å². The molecular weight excluding hydrogens is 484 g/mol. The van der Waals surface area contributed by atoms with Gasteiger partial charge in [0.2, 0.25) is 5.91 Å². The van der Waals surface area contributed by atoms with E-state index in [9.17, 15) is 14.7 Å². The molecule has 0 aliphatic carbocycles. The second-order valence-electron chi connectivity index (χ2n) is 8.37. The van der Waals surface area contributed by atoms with Crippen LogP contribution in [0.4, 0.5) is 5.69 Å². The smallest absolute Gasteiger partial charge is 0.303 e. The average molecular weight is 513 g/mol. The molecule has 2 aromatic carbocycles. The van der Waals surface area contributed by atoms with Gasteiger partial charge in [0.15, 0.2) is 11.4 Å². The fourth-order valence-corrected chi connectivity index (χ4v) is 4.64. The number of carbonyl (C=O) groups is 2. The lowest BCUT2D eigenvalue weighted by atomic mass is 10.0. The lowest BCUT2D eigenvalue weighted by Crippen LogP contribution is -2.31. The van der Waals surface area contributed by atoms with Gasteiger partial charge in [-0.25, -0.2) is 4.98 Å². The number of ether oxygens (including phenoxy) is 2. The van der Waals surface area contributed by atoms with Gasteiger partial charge in [0.1, 0.15) is 6.33 Å². The summed E-state index contributed by atoms with van der Waals surface area (Å²) in [7, 11) is 0. The number of carboxylic acids is 1. The van der Waals surface area contributed by atoms with E-state index in [-0.39, 0.29) is 44.0 Å². The average Bonchev–Trinajstić information content (AvgIpc) is 3.41. The maximum absolute atomic E-state index is 12.2. The number of rotatable bonds is 11. The summed E-state index contributed by atoms with van der Waals surface area (Å²) in [5.41, 5.74) is 3.15. The minimum atomic E-state index is -0.923. The van der Waals surface area contributed by atoms with Crippen molar-refractivity contribution in [2.24, 2.45) is 0 Å². The van der Waals surface area contributed by atoms with Crippen molar-refractivity contribution in [1.29, 1.82) is 0 Å². The minimum Gasteiger partial charge on any atom is -0.481 e. The molecule has 36 heavy (non-hydrogen) atoms. The number of nitrogens with one attached hydrogen (secondary N) is 2. The lowest BCUT2D eigenvalue weighted by molar-refractivity contribution is -0.245. The fraction of sp³-hybridized carbons (Fsp3) is 0.360. The molecule has 3 atom stereocenters. The van der Waals surface area contributed by atoms with E-state index in [0.717, 1.165) is 16.7 Å². The highest BCUT2D eigenvalue weighted by molar-refractivity contribution is 7.99. The number of H-pyrrole nitrogens is 1. The number of aliphatic hydroxyl groups excluding tert-OH is 1. The molecule has 4 rings (SSSR count). The number of hydrogen-bond acceptors (Lipinski definition) is 8. The molecule has 2 heterocycles. The summed E-state index contributed by atoms with van der Waals surface area (Å²) in [6.45, 7) is -0.0250. The Bertz CT molecular complexity index is 1140. The van der Waals surface area contributed by atoms with Crippen molar-refractivity contribution in [3.05, 3.63) is 71.5 Å². The second-order valence-corrected chi connectivity index (χ2v) is 9.38. The summed E-state index contributed by atoms with van der Waals surface area (Å²) in [6.07, 6.45) is 1.41. The number of aliphatic hydroxyl groups is 1. The van der Waals surface area contributed by atoms with Gasteiger partial charge >= 0.3 is 5.97 Å². The van der Waals surface area contributed by atoms with Crippen LogP contribution in [-0.4, -0.2) is 49.1 Å². The number of hydrogen-bond donors (Lipinski definition) is 4. The molecule has 1 aromatic heterocycles. The third kappa shape index (κ3) is 7.37. The van der Waals surface area contributed by atoms with Crippen molar-refractivity contribution in [3.8, 4) is 0 Å². The van der Waals surface area contributed by atoms with Crippen molar-refractivity contribution < 1.29 is 29.3 Å². The Morgan fingerprint density at radius 3 is 2.67 bits per heavy atom. The van der Waals surface area contributed by atoms with Crippen LogP contribution in [0.2, 0.25) is 0 Å². The van der Waals surface area contributed by atoms with Crippen LogP contribution in [0.25, 0.3) is 0 Å². The molecule has 1 saturated heterocycles. The van der Waals surface area contributed by atoms with E-state index in [1.807, 2.05) is 36.4 Å². The molecule has 0 radical (unpaired) electrons. The molecule has 1 fully saturated rings. The quantitative estimate of drug-likeness (QED) is 0.281. The predicted octanol–water partition coefficient (Wildman–Crippen LogP) is 3.83. The summed E-state index contributed by atoms with van der Waals surface area (Å²) in [4.78, 5) is 27.1. The highest BCUT2D eigenvalue weighted by Crippen LogP contribution is 2.39. The van der Waals surface area contributed by atoms with Gasteiger partial charge in [0.25, 0.3) is 0 Å². The Morgan fingerprint density at radius 1 is 1.11 bits per heavy atom. The monoisotopic (exact) mass is 512 g/mol. The van der Waals surface area contributed by atoms with Gasteiger partial charge in [0, 0.05) is 36.3 Å². The van der Waals surface area contributed by atoms with Gasteiger partial charge in [0.05, 0.1) is 18.8 Å². The molecule has 1 amide bonds.